The molecule has 0 aliphatic carbocycles. The smallest absolute Gasteiger partial charge is 0.338 e. The van der Waals surface area contributed by atoms with Crippen LogP contribution in [0.15, 0.2) is 48.5 Å². The highest BCUT2D eigenvalue weighted by Gasteiger charge is 2.09. The lowest BCUT2D eigenvalue weighted by molar-refractivity contribution is -0.124. The number of methoxy groups -OCH3 is 1. The van der Waals surface area contributed by atoms with E-state index in [-0.39, 0.29) is 23.8 Å². The molecule has 0 unspecified atom stereocenters. The van der Waals surface area contributed by atoms with Gasteiger partial charge >= 0.3 is 5.97 Å². The number of benzene rings is 2. The Morgan fingerprint density at radius 2 is 1.71 bits per heavy atom. The van der Waals surface area contributed by atoms with Crippen LogP contribution in [0.2, 0.25) is 0 Å². The maximum absolute atomic E-state index is 11.7. The summed E-state index contributed by atoms with van der Waals surface area (Å²) in [4.78, 5) is 23.4. The van der Waals surface area contributed by atoms with E-state index in [2.05, 4.69) is 5.32 Å². The van der Waals surface area contributed by atoms with E-state index in [1.807, 2.05) is 24.3 Å². The summed E-state index contributed by atoms with van der Waals surface area (Å²) >= 11 is 0. The largest absolute Gasteiger partial charge is 0.508 e. The third-order valence-electron chi connectivity index (χ3n) is 3.33. The third kappa shape index (κ3) is 5.31. The first-order chi connectivity index (χ1) is 11.6. The van der Waals surface area contributed by atoms with Gasteiger partial charge in [0.15, 0.2) is 6.61 Å². The molecule has 0 radical (unpaired) electrons. The van der Waals surface area contributed by atoms with Crippen molar-refractivity contribution in [1.29, 1.82) is 0 Å². The summed E-state index contributed by atoms with van der Waals surface area (Å²) in [7, 11) is 1.61. The normalized spacial score (nSPS) is 10.0. The molecule has 0 spiro atoms. The van der Waals surface area contributed by atoms with Gasteiger partial charge in [-0.05, 0) is 48.4 Å². The quantitative estimate of drug-likeness (QED) is 0.758. The number of phenols is 1. The molecule has 0 atom stereocenters. The number of esters is 1. The summed E-state index contributed by atoms with van der Waals surface area (Å²) < 4.78 is 9.99. The van der Waals surface area contributed by atoms with Gasteiger partial charge < -0.3 is 19.9 Å². The lowest BCUT2D eigenvalue weighted by Crippen LogP contribution is -2.30. The Hall–Kier alpha value is -3.02. The molecule has 0 aliphatic rings. The number of rotatable bonds is 7. The Morgan fingerprint density at radius 1 is 1.04 bits per heavy atom. The van der Waals surface area contributed by atoms with Crippen molar-refractivity contribution >= 4 is 11.9 Å². The van der Waals surface area contributed by atoms with E-state index >= 15 is 0 Å². The molecule has 2 aromatic carbocycles. The Bertz CT molecular complexity index is 680. The van der Waals surface area contributed by atoms with Crippen LogP contribution in [-0.4, -0.2) is 37.2 Å². The third-order valence-corrected chi connectivity index (χ3v) is 3.33. The van der Waals surface area contributed by atoms with Gasteiger partial charge in [-0.3, -0.25) is 4.79 Å². The Morgan fingerprint density at radius 3 is 2.33 bits per heavy atom. The molecule has 0 aliphatic heterocycles. The summed E-state index contributed by atoms with van der Waals surface area (Å²) in [5.74, 6) is -0.136. The van der Waals surface area contributed by atoms with Gasteiger partial charge in [-0.15, -0.1) is 0 Å². The lowest BCUT2D eigenvalue weighted by Gasteiger charge is -2.07. The second-order valence-electron chi connectivity index (χ2n) is 5.07. The van der Waals surface area contributed by atoms with Crippen LogP contribution in [0.4, 0.5) is 0 Å². The van der Waals surface area contributed by atoms with Crippen molar-refractivity contribution in [3.63, 3.8) is 0 Å². The van der Waals surface area contributed by atoms with Gasteiger partial charge in [0.2, 0.25) is 0 Å². The summed E-state index contributed by atoms with van der Waals surface area (Å²) in [6.07, 6.45) is 0.668. The maximum atomic E-state index is 11.7. The minimum absolute atomic E-state index is 0.0582. The number of hydrogen-bond acceptors (Lipinski definition) is 5. The summed E-state index contributed by atoms with van der Waals surface area (Å²) in [5, 5.41) is 11.8. The molecule has 24 heavy (non-hydrogen) atoms. The molecule has 2 N–H and O–H groups in total. The van der Waals surface area contributed by atoms with Gasteiger partial charge in [-0.1, -0.05) is 12.1 Å². The molecule has 0 fully saturated rings. The van der Waals surface area contributed by atoms with E-state index in [1.54, 1.807) is 7.11 Å². The summed E-state index contributed by atoms with van der Waals surface area (Å²) in [6, 6.07) is 13.2. The highest BCUT2D eigenvalue weighted by atomic mass is 16.5. The molecule has 126 valence electrons. The molecule has 2 rings (SSSR count). The van der Waals surface area contributed by atoms with E-state index in [9.17, 15) is 9.59 Å². The number of hydrogen-bond donors (Lipinski definition) is 2. The molecule has 0 saturated carbocycles. The van der Waals surface area contributed by atoms with Crippen molar-refractivity contribution in [2.24, 2.45) is 0 Å². The van der Waals surface area contributed by atoms with Gasteiger partial charge in [0, 0.05) is 6.54 Å². The van der Waals surface area contributed by atoms with E-state index in [1.165, 1.54) is 24.3 Å². The van der Waals surface area contributed by atoms with Gasteiger partial charge in [0.05, 0.1) is 12.7 Å². The Labute approximate surface area is 140 Å². The zero-order valence-corrected chi connectivity index (χ0v) is 13.3. The van der Waals surface area contributed by atoms with Crippen LogP contribution in [0.25, 0.3) is 0 Å². The minimum atomic E-state index is -0.611. The second kappa shape index (κ2) is 8.57. The molecule has 0 aromatic heterocycles. The number of phenolic OH excluding ortho intramolecular Hbond substituents is 1. The number of nitrogens with one attached hydrogen (secondary N) is 1. The van der Waals surface area contributed by atoms with Crippen molar-refractivity contribution in [3.8, 4) is 11.5 Å². The molecule has 1 amide bonds. The standard InChI is InChI=1S/C18H19NO5/c1-23-16-8-2-13(3-9-16)10-11-19-17(21)12-24-18(22)14-4-6-15(20)7-5-14/h2-9,20H,10-12H2,1H3,(H,19,21). The zero-order chi connectivity index (χ0) is 17.4. The fraction of sp³-hybridized carbons (Fsp3) is 0.222. The minimum Gasteiger partial charge on any atom is -0.508 e. The summed E-state index contributed by atoms with van der Waals surface area (Å²) in [5.41, 5.74) is 1.34. The topological polar surface area (TPSA) is 84.9 Å². The highest BCUT2D eigenvalue weighted by molar-refractivity contribution is 5.91. The van der Waals surface area contributed by atoms with Crippen LogP contribution < -0.4 is 10.1 Å². The Balaban J connectivity index is 1.69. The fourth-order valence-electron chi connectivity index (χ4n) is 2.00. The van der Waals surface area contributed by atoms with Crippen LogP contribution >= 0.6 is 0 Å². The molecular formula is C18H19NO5. The predicted molar refractivity (Wildman–Crippen MR) is 88.1 cm³/mol. The van der Waals surface area contributed by atoms with Crippen LogP contribution in [0.1, 0.15) is 15.9 Å². The number of carbonyl (C=O) groups is 2. The fourth-order valence-corrected chi connectivity index (χ4v) is 2.00. The maximum Gasteiger partial charge on any atom is 0.338 e. The van der Waals surface area contributed by atoms with Crippen molar-refractivity contribution < 1.29 is 24.2 Å². The SMILES string of the molecule is COc1ccc(CCNC(=O)COC(=O)c2ccc(O)cc2)cc1. The van der Waals surface area contributed by atoms with Gasteiger partial charge in [0.25, 0.3) is 5.91 Å². The van der Waals surface area contributed by atoms with Crippen molar-refractivity contribution in [1.82, 2.24) is 5.32 Å². The lowest BCUT2D eigenvalue weighted by atomic mass is 10.1. The monoisotopic (exact) mass is 329 g/mol. The van der Waals surface area contributed by atoms with Gasteiger partial charge in [-0.2, -0.15) is 0 Å². The van der Waals surface area contributed by atoms with Crippen molar-refractivity contribution in [2.75, 3.05) is 20.3 Å². The summed E-state index contributed by atoms with van der Waals surface area (Å²) in [6.45, 7) is 0.101. The zero-order valence-electron chi connectivity index (χ0n) is 13.3. The number of carbonyl (C=O) groups excluding carboxylic acids is 2. The van der Waals surface area contributed by atoms with E-state index in [4.69, 9.17) is 14.6 Å². The van der Waals surface area contributed by atoms with Crippen molar-refractivity contribution in [2.45, 2.75) is 6.42 Å². The predicted octanol–water partition coefficient (Wildman–Crippen LogP) is 1.92. The van der Waals surface area contributed by atoms with E-state index < -0.39 is 5.97 Å². The van der Waals surface area contributed by atoms with Crippen LogP contribution in [0, 0.1) is 0 Å². The van der Waals surface area contributed by atoms with E-state index in [0.717, 1.165) is 11.3 Å². The number of ether oxygens (including phenoxy) is 2. The first kappa shape index (κ1) is 17.3. The Kier molecular flexibility index (Phi) is 6.19. The molecular weight excluding hydrogens is 310 g/mol. The molecule has 6 heteroatoms. The first-order valence-electron chi connectivity index (χ1n) is 7.44. The first-order valence-corrected chi connectivity index (χ1v) is 7.44. The molecule has 2 aromatic rings. The molecule has 0 heterocycles. The van der Waals surface area contributed by atoms with Gasteiger partial charge in [0.1, 0.15) is 11.5 Å². The number of amides is 1. The average molecular weight is 329 g/mol. The highest BCUT2D eigenvalue weighted by Crippen LogP contribution is 2.11. The van der Waals surface area contributed by atoms with Gasteiger partial charge in [-0.25, -0.2) is 4.79 Å². The second-order valence-corrected chi connectivity index (χ2v) is 5.07. The molecule has 6 nitrogen and oxygen atoms in total. The number of aromatic hydroxyl groups is 1. The average Bonchev–Trinajstić information content (AvgIpc) is 2.61. The van der Waals surface area contributed by atoms with Crippen LogP contribution in [-0.2, 0) is 16.0 Å². The van der Waals surface area contributed by atoms with Crippen LogP contribution in [0.3, 0.4) is 0 Å². The molecule has 0 bridgehead atoms. The molecule has 0 saturated heterocycles. The van der Waals surface area contributed by atoms with Crippen LogP contribution in [0.5, 0.6) is 11.5 Å². The van der Waals surface area contributed by atoms with Crippen molar-refractivity contribution in [3.05, 3.63) is 59.7 Å². The van der Waals surface area contributed by atoms with E-state index in [0.29, 0.717) is 13.0 Å².